The summed E-state index contributed by atoms with van der Waals surface area (Å²) >= 11 is 3.43. The van der Waals surface area contributed by atoms with E-state index in [1.165, 1.54) is 0 Å². The van der Waals surface area contributed by atoms with Gasteiger partial charge in [-0.25, -0.2) is 4.98 Å². The highest BCUT2D eigenvalue weighted by Gasteiger charge is 2.11. The first-order chi connectivity index (χ1) is 10.8. The molecule has 0 radical (unpaired) electrons. The molecule has 0 saturated carbocycles. The summed E-state index contributed by atoms with van der Waals surface area (Å²) in [5.41, 5.74) is 1.78. The van der Waals surface area contributed by atoms with E-state index in [1.54, 1.807) is 6.20 Å². The van der Waals surface area contributed by atoms with Crippen molar-refractivity contribution in [1.29, 1.82) is 0 Å². The number of nitrogens with zero attached hydrogens (tertiary/aromatic N) is 3. The first kappa shape index (κ1) is 13.2. The van der Waals surface area contributed by atoms with Crippen LogP contribution in [0.4, 0.5) is 0 Å². The number of H-pyrrole nitrogens is 1. The van der Waals surface area contributed by atoms with Gasteiger partial charge in [0.25, 0.3) is 0 Å². The number of halogens is 1. The first-order valence-corrected chi connectivity index (χ1v) is 7.63. The summed E-state index contributed by atoms with van der Waals surface area (Å²) in [6, 6.07) is 18.0. The summed E-state index contributed by atoms with van der Waals surface area (Å²) in [4.78, 5) is 9.04. The molecule has 0 bridgehead atoms. The average Bonchev–Trinajstić information content (AvgIpc) is 3.05. The van der Waals surface area contributed by atoms with Crippen molar-refractivity contribution in [3.8, 4) is 22.9 Å². The van der Waals surface area contributed by atoms with Crippen molar-refractivity contribution in [3.05, 3.63) is 65.3 Å². The number of hydrogen-bond acceptors (Lipinski definition) is 3. The lowest BCUT2D eigenvalue weighted by Gasteiger charge is -2.01. The molecular formula is C17H11BrN4. The van der Waals surface area contributed by atoms with E-state index >= 15 is 0 Å². The lowest BCUT2D eigenvalue weighted by Crippen LogP contribution is -1.88. The van der Waals surface area contributed by atoms with Crippen molar-refractivity contribution in [2.24, 2.45) is 0 Å². The van der Waals surface area contributed by atoms with Gasteiger partial charge in [0.15, 0.2) is 11.6 Å². The van der Waals surface area contributed by atoms with Gasteiger partial charge >= 0.3 is 0 Å². The molecule has 4 rings (SSSR count). The molecule has 0 aliphatic heterocycles. The van der Waals surface area contributed by atoms with Gasteiger partial charge in [-0.3, -0.25) is 10.1 Å². The molecule has 22 heavy (non-hydrogen) atoms. The van der Waals surface area contributed by atoms with Crippen molar-refractivity contribution in [2.45, 2.75) is 0 Å². The molecule has 0 unspecified atom stereocenters. The molecule has 0 atom stereocenters. The average molecular weight is 351 g/mol. The van der Waals surface area contributed by atoms with E-state index in [9.17, 15) is 0 Å². The van der Waals surface area contributed by atoms with E-state index in [0.717, 1.165) is 26.5 Å². The fraction of sp³-hybridized carbons (Fsp3) is 0. The van der Waals surface area contributed by atoms with Crippen LogP contribution in [0.3, 0.4) is 0 Å². The Labute approximate surface area is 135 Å². The largest absolute Gasteiger partial charge is 0.257 e. The zero-order chi connectivity index (χ0) is 14.9. The number of fused-ring (bicyclic) bond motifs is 1. The zero-order valence-corrected chi connectivity index (χ0v) is 13.1. The Balaban J connectivity index is 1.82. The second kappa shape index (κ2) is 5.35. The minimum absolute atomic E-state index is 0.664. The molecule has 5 heteroatoms. The number of aromatic nitrogens is 4. The second-order valence-electron chi connectivity index (χ2n) is 4.90. The van der Waals surface area contributed by atoms with E-state index in [2.05, 4.69) is 42.2 Å². The quantitative estimate of drug-likeness (QED) is 0.581. The summed E-state index contributed by atoms with van der Waals surface area (Å²) in [5.74, 6) is 1.34. The zero-order valence-electron chi connectivity index (χ0n) is 11.5. The molecule has 1 N–H and O–H groups in total. The van der Waals surface area contributed by atoms with Gasteiger partial charge in [-0.2, -0.15) is 5.10 Å². The van der Waals surface area contributed by atoms with Crippen LogP contribution in [-0.2, 0) is 0 Å². The molecule has 0 spiro atoms. The van der Waals surface area contributed by atoms with Crippen molar-refractivity contribution >= 4 is 26.7 Å². The van der Waals surface area contributed by atoms with Crippen LogP contribution < -0.4 is 0 Å². The van der Waals surface area contributed by atoms with Crippen LogP contribution in [0.1, 0.15) is 0 Å². The molecule has 0 aliphatic rings. The Morgan fingerprint density at radius 3 is 2.59 bits per heavy atom. The van der Waals surface area contributed by atoms with E-state index in [1.807, 2.05) is 48.5 Å². The number of nitrogens with one attached hydrogen (secondary N) is 1. The Morgan fingerprint density at radius 1 is 0.909 bits per heavy atom. The van der Waals surface area contributed by atoms with Crippen molar-refractivity contribution in [1.82, 2.24) is 20.2 Å². The molecule has 2 heterocycles. The standard InChI is InChI=1S/C17H11BrN4/c18-13-7-5-12(6-8-13)16-20-17(22-21-16)15-14-4-2-1-3-11(14)9-10-19-15/h1-10H,(H,20,21,22). The molecule has 4 aromatic rings. The number of pyridine rings is 1. The Kier molecular flexibility index (Phi) is 3.20. The highest BCUT2D eigenvalue weighted by Crippen LogP contribution is 2.25. The van der Waals surface area contributed by atoms with Gasteiger partial charge in [-0.1, -0.05) is 52.3 Å². The molecular weight excluding hydrogens is 340 g/mol. The van der Waals surface area contributed by atoms with Crippen molar-refractivity contribution in [3.63, 3.8) is 0 Å². The van der Waals surface area contributed by atoms with Crippen LogP contribution in [0.2, 0.25) is 0 Å². The normalized spacial score (nSPS) is 11.0. The van der Waals surface area contributed by atoms with E-state index in [-0.39, 0.29) is 0 Å². The number of rotatable bonds is 2. The summed E-state index contributed by atoms with van der Waals surface area (Å²) in [6.07, 6.45) is 1.79. The molecule has 0 amide bonds. The fourth-order valence-electron chi connectivity index (χ4n) is 2.40. The van der Waals surface area contributed by atoms with Crippen LogP contribution in [-0.4, -0.2) is 20.2 Å². The third-order valence-corrected chi connectivity index (χ3v) is 4.01. The van der Waals surface area contributed by atoms with Gasteiger partial charge in [0.1, 0.15) is 5.69 Å². The minimum Gasteiger partial charge on any atom is -0.257 e. The van der Waals surface area contributed by atoms with E-state index in [4.69, 9.17) is 0 Å². The number of benzene rings is 2. The van der Waals surface area contributed by atoms with Gasteiger partial charge in [-0.05, 0) is 23.6 Å². The predicted molar refractivity (Wildman–Crippen MR) is 90.3 cm³/mol. The third kappa shape index (κ3) is 2.29. The fourth-order valence-corrected chi connectivity index (χ4v) is 2.67. The van der Waals surface area contributed by atoms with Crippen molar-refractivity contribution < 1.29 is 0 Å². The van der Waals surface area contributed by atoms with Gasteiger partial charge in [0.2, 0.25) is 0 Å². The Hall–Kier alpha value is -2.53. The molecule has 0 aliphatic carbocycles. The van der Waals surface area contributed by atoms with Crippen LogP contribution in [0.5, 0.6) is 0 Å². The van der Waals surface area contributed by atoms with Gasteiger partial charge in [-0.15, -0.1) is 0 Å². The van der Waals surface area contributed by atoms with Gasteiger partial charge in [0.05, 0.1) is 0 Å². The smallest absolute Gasteiger partial charge is 0.181 e. The summed E-state index contributed by atoms with van der Waals surface area (Å²) in [6.45, 7) is 0. The molecule has 2 aromatic carbocycles. The number of aromatic amines is 1. The lowest BCUT2D eigenvalue weighted by atomic mass is 10.1. The predicted octanol–water partition coefficient (Wildman–Crippen LogP) is 4.45. The van der Waals surface area contributed by atoms with Crippen LogP contribution in [0.15, 0.2) is 65.3 Å². The SMILES string of the molecule is Brc1ccc(-c2n[nH]c(-c3nccc4ccccc34)n2)cc1. The molecule has 4 nitrogen and oxygen atoms in total. The summed E-state index contributed by atoms with van der Waals surface area (Å²) < 4.78 is 1.03. The highest BCUT2D eigenvalue weighted by molar-refractivity contribution is 9.10. The van der Waals surface area contributed by atoms with Gasteiger partial charge < -0.3 is 0 Å². The third-order valence-electron chi connectivity index (χ3n) is 3.49. The summed E-state index contributed by atoms with van der Waals surface area (Å²) in [5, 5.41) is 9.49. The molecule has 2 aromatic heterocycles. The first-order valence-electron chi connectivity index (χ1n) is 6.84. The van der Waals surface area contributed by atoms with Crippen LogP contribution in [0, 0.1) is 0 Å². The molecule has 0 saturated heterocycles. The Bertz CT molecular complexity index is 939. The topological polar surface area (TPSA) is 54.5 Å². The van der Waals surface area contributed by atoms with E-state index < -0.39 is 0 Å². The van der Waals surface area contributed by atoms with Crippen LogP contribution in [0.25, 0.3) is 33.7 Å². The van der Waals surface area contributed by atoms with Crippen molar-refractivity contribution in [2.75, 3.05) is 0 Å². The number of hydrogen-bond donors (Lipinski definition) is 1. The minimum atomic E-state index is 0.664. The maximum atomic E-state index is 4.59. The molecule has 106 valence electrons. The van der Waals surface area contributed by atoms with Gasteiger partial charge in [0, 0.05) is 21.6 Å². The monoisotopic (exact) mass is 350 g/mol. The Morgan fingerprint density at radius 2 is 1.73 bits per heavy atom. The summed E-state index contributed by atoms with van der Waals surface area (Å²) in [7, 11) is 0. The maximum absolute atomic E-state index is 4.59. The molecule has 0 fully saturated rings. The van der Waals surface area contributed by atoms with Crippen LogP contribution >= 0.6 is 15.9 Å². The lowest BCUT2D eigenvalue weighted by molar-refractivity contribution is 1.09. The maximum Gasteiger partial charge on any atom is 0.181 e. The second-order valence-corrected chi connectivity index (χ2v) is 5.81. The van der Waals surface area contributed by atoms with E-state index in [0.29, 0.717) is 11.6 Å². The highest BCUT2D eigenvalue weighted by atomic mass is 79.9.